The Bertz CT molecular complexity index is 476. The Morgan fingerprint density at radius 2 is 2.23 bits per heavy atom. The Kier molecular flexibility index (Phi) is 1.79. The van der Waals surface area contributed by atoms with Gasteiger partial charge in [-0.05, 0) is 24.1 Å². The quantitative estimate of drug-likeness (QED) is 0.661. The fraction of sp³-hybridized carbons (Fsp3) is 0.182. The van der Waals surface area contributed by atoms with E-state index in [2.05, 4.69) is 13.0 Å². The number of hydrogen-bond acceptors (Lipinski definition) is 2. The summed E-state index contributed by atoms with van der Waals surface area (Å²) in [6.07, 6.45) is 2.56. The van der Waals surface area contributed by atoms with Crippen molar-refractivity contribution >= 4 is 11.0 Å². The molecule has 64 valence electrons. The van der Waals surface area contributed by atoms with Crippen molar-refractivity contribution in [3.05, 3.63) is 35.6 Å². The second-order valence-electron chi connectivity index (χ2n) is 2.90. The van der Waals surface area contributed by atoms with Crippen LogP contribution in [0.3, 0.4) is 0 Å². The molecule has 0 aliphatic heterocycles. The SMILES string of the molecule is CCc1ccc(C#N)c2ccoc12. The van der Waals surface area contributed by atoms with Crippen molar-refractivity contribution in [1.29, 1.82) is 5.26 Å². The van der Waals surface area contributed by atoms with Gasteiger partial charge < -0.3 is 4.42 Å². The first-order valence-corrected chi connectivity index (χ1v) is 4.26. The van der Waals surface area contributed by atoms with Gasteiger partial charge in [0.15, 0.2) is 0 Å². The number of nitrogens with zero attached hydrogens (tertiary/aromatic N) is 1. The molecule has 0 atom stereocenters. The van der Waals surface area contributed by atoms with Gasteiger partial charge in [-0.2, -0.15) is 5.26 Å². The van der Waals surface area contributed by atoms with Crippen LogP contribution in [-0.2, 0) is 6.42 Å². The summed E-state index contributed by atoms with van der Waals surface area (Å²) in [7, 11) is 0. The van der Waals surface area contributed by atoms with E-state index in [1.165, 1.54) is 0 Å². The molecule has 1 aromatic carbocycles. The first kappa shape index (κ1) is 7.88. The van der Waals surface area contributed by atoms with E-state index in [0.717, 1.165) is 23.0 Å². The number of hydrogen-bond donors (Lipinski definition) is 0. The molecule has 1 aromatic heterocycles. The number of aryl methyl sites for hydroxylation is 1. The third-order valence-corrected chi connectivity index (χ3v) is 2.20. The second kappa shape index (κ2) is 2.95. The average Bonchev–Trinajstić information content (AvgIpc) is 2.64. The van der Waals surface area contributed by atoms with Gasteiger partial charge in [0.25, 0.3) is 0 Å². The topological polar surface area (TPSA) is 36.9 Å². The highest BCUT2D eigenvalue weighted by Gasteiger charge is 2.06. The fourth-order valence-electron chi connectivity index (χ4n) is 1.50. The van der Waals surface area contributed by atoms with Crippen molar-refractivity contribution in [1.82, 2.24) is 0 Å². The first-order valence-electron chi connectivity index (χ1n) is 4.26. The minimum Gasteiger partial charge on any atom is -0.464 e. The molecule has 2 heteroatoms. The Balaban J connectivity index is 2.83. The summed E-state index contributed by atoms with van der Waals surface area (Å²) in [4.78, 5) is 0. The lowest BCUT2D eigenvalue weighted by molar-refractivity contribution is 0.611. The summed E-state index contributed by atoms with van der Waals surface area (Å²) < 4.78 is 5.33. The predicted octanol–water partition coefficient (Wildman–Crippen LogP) is 2.87. The van der Waals surface area contributed by atoms with E-state index in [4.69, 9.17) is 9.68 Å². The molecule has 0 spiro atoms. The van der Waals surface area contributed by atoms with E-state index in [-0.39, 0.29) is 0 Å². The molecule has 0 saturated carbocycles. The fourth-order valence-corrected chi connectivity index (χ4v) is 1.50. The zero-order valence-electron chi connectivity index (χ0n) is 7.37. The van der Waals surface area contributed by atoms with Crippen LogP contribution < -0.4 is 0 Å². The van der Waals surface area contributed by atoms with Crippen molar-refractivity contribution in [2.24, 2.45) is 0 Å². The molecule has 0 unspecified atom stereocenters. The highest BCUT2D eigenvalue weighted by atomic mass is 16.3. The molecule has 13 heavy (non-hydrogen) atoms. The van der Waals surface area contributed by atoms with E-state index < -0.39 is 0 Å². The summed E-state index contributed by atoms with van der Waals surface area (Å²) in [5, 5.41) is 9.74. The molecule has 0 bridgehead atoms. The summed E-state index contributed by atoms with van der Waals surface area (Å²) in [5.41, 5.74) is 2.68. The molecule has 0 N–H and O–H groups in total. The van der Waals surface area contributed by atoms with Crippen LogP contribution in [0.25, 0.3) is 11.0 Å². The van der Waals surface area contributed by atoms with Gasteiger partial charge in [-0.1, -0.05) is 13.0 Å². The molecular formula is C11H9NO. The van der Waals surface area contributed by atoms with E-state index in [0.29, 0.717) is 5.56 Å². The van der Waals surface area contributed by atoms with Crippen LogP contribution in [-0.4, -0.2) is 0 Å². The number of furan rings is 1. The molecule has 0 aliphatic rings. The maximum atomic E-state index is 8.83. The molecule has 0 radical (unpaired) electrons. The minimum absolute atomic E-state index is 0.681. The van der Waals surface area contributed by atoms with Crippen molar-refractivity contribution in [3.8, 4) is 6.07 Å². The van der Waals surface area contributed by atoms with Crippen LogP contribution in [0.1, 0.15) is 18.1 Å². The van der Waals surface area contributed by atoms with Gasteiger partial charge in [-0.25, -0.2) is 0 Å². The van der Waals surface area contributed by atoms with Gasteiger partial charge >= 0.3 is 0 Å². The van der Waals surface area contributed by atoms with Crippen molar-refractivity contribution in [2.45, 2.75) is 13.3 Å². The van der Waals surface area contributed by atoms with E-state index in [1.54, 1.807) is 6.26 Å². The Labute approximate surface area is 76.4 Å². The van der Waals surface area contributed by atoms with Crippen molar-refractivity contribution in [3.63, 3.8) is 0 Å². The van der Waals surface area contributed by atoms with E-state index in [1.807, 2.05) is 18.2 Å². The van der Waals surface area contributed by atoms with Gasteiger partial charge in [0.1, 0.15) is 5.58 Å². The normalized spacial score (nSPS) is 10.2. The van der Waals surface area contributed by atoms with Gasteiger partial charge in [-0.15, -0.1) is 0 Å². The molecular weight excluding hydrogens is 162 g/mol. The molecule has 0 fully saturated rings. The van der Waals surface area contributed by atoms with Crippen molar-refractivity contribution in [2.75, 3.05) is 0 Å². The Morgan fingerprint density at radius 3 is 2.92 bits per heavy atom. The van der Waals surface area contributed by atoms with Crippen LogP contribution in [0.2, 0.25) is 0 Å². The zero-order valence-corrected chi connectivity index (χ0v) is 7.37. The maximum absolute atomic E-state index is 8.83. The summed E-state index contributed by atoms with van der Waals surface area (Å²) in [6.45, 7) is 2.07. The molecule has 0 saturated heterocycles. The predicted molar refractivity (Wildman–Crippen MR) is 50.3 cm³/mol. The number of rotatable bonds is 1. The Hall–Kier alpha value is -1.75. The van der Waals surface area contributed by atoms with Gasteiger partial charge in [0, 0.05) is 5.39 Å². The summed E-state index contributed by atoms with van der Waals surface area (Å²) >= 11 is 0. The molecule has 2 nitrogen and oxygen atoms in total. The first-order chi connectivity index (χ1) is 6.36. The van der Waals surface area contributed by atoms with Gasteiger partial charge in [-0.3, -0.25) is 0 Å². The lowest BCUT2D eigenvalue weighted by atomic mass is 10.1. The smallest absolute Gasteiger partial charge is 0.138 e. The van der Waals surface area contributed by atoms with Gasteiger partial charge in [0.2, 0.25) is 0 Å². The highest BCUT2D eigenvalue weighted by Crippen LogP contribution is 2.23. The van der Waals surface area contributed by atoms with Crippen LogP contribution in [0.5, 0.6) is 0 Å². The van der Waals surface area contributed by atoms with E-state index in [9.17, 15) is 0 Å². The van der Waals surface area contributed by atoms with Crippen LogP contribution >= 0.6 is 0 Å². The lowest BCUT2D eigenvalue weighted by Gasteiger charge is -1.98. The lowest BCUT2D eigenvalue weighted by Crippen LogP contribution is -1.83. The zero-order chi connectivity index (χ0) is 9.26. The molecule has 0 aliphatic carbocycles. The van der Waals surface area contributed by atoms with Crippen LogP contribution in [0, 0.1) is 11.3 Å². The highest BCUT2D eigenvalue weighted by molar-refractivity contribution is 5.86. The largest absolute Gasteiger partial charge is 0.464 e. The molecule has 1 heterocycles. The number of nitriles is 1. The van der Waals surface area contributed by atoms with Crippen LogP contribution in [0.4, 0.5) is 0 Å². The summed E-state index contributed by atoms with van der Waals surface area (Å²) in [6, 6.07) is 7.78. The molecule has 2 aromatic rings. The maximum Gasteiger partial charge on any atom is 0.138 e. The van der Waals surface area contributed by atoms with Gasteiger partial charge in [0.05, 0.1) is 17.9 Å². The molecule has 2 rings (SSSR count). The second-order valence-corrected chi connectivity index (χ2v) is 2.90. The third-order valence-electron chi connectivity index (χ3n) is 2.20. The number of benzene rings is 1. The molecule has 0 amide bonds. The summed E-state index contributed by atoms with van der Waals surface area (Å²) in [5.74, 6) is 0. The number of fused-ring (bicyclic) bond motifs is 1. The monoisotopic (exact) mass is 171 g/mol. The van der Waals surface area contributed by atoms with Crippen molar-refractivity contribution < 1.29 is 4.42 Å². The average molecular weight is 171 g/mol. The Morgan fingerprint density at radius 1 is 1.38 bits per heavy atom. The third kappa shape index (κ3) is 1.09. The van der Waals surface area contributed by atoms with Crippen LogP contribution in [0.15, 0.2) is 28.9 Å². The minimum atomic E-state index is 0.681. The van der Waals surface area contributed by atoms with E-state index >= 15 is 0 Å². The standard InChI is InChI=1S/C11H9NO/c1-2-8-3-4-9(7-12)10-5-6-13-11(8)10/h3-6H,2H2,1H3.